The highest BCUT2D eigenvalue weighted by molar-refractivity contribution is 5.24. The van der Waals surface area contributed by atoms with Crippen LogP contribution in [0.4, 0.5) is 8.78 Å². The summed E-state index contributed by atoms with van der Waals surface area (Å²) < 4.78 is 30.3. The lowest BCUT2D eigenvalue weighted by atomic mass is 10.1. The molecule has 0 saturated heterocycles. The van der Waals surface area contributed by atoms with E-state index >= 15 is 0 Å². The van der Waals surface area contributed by atoms with Crippen LogP contribution in [-0.2, 0) is 11.3 Å². The molecule has 0 saturated carbocycles. The number of nitrogens with one attached hydrogen (secondary N) is 1. The van der Waals surface area contributed by atoms with Gasteiger partial charge in [-0.1, -0.05) is 31.5 Å². The van der Waals surface area contributed by atoms with Crippen molar-refractivity contribution < 1.29 is 13.5 Å². The lowest BCUT2D eigenvalue weighted by Gasteiger charge is -2.07. The topological polar surface area (TPSA) is 21.3 Å². The molecule has 0 fully saturated rings. The van der Waals surface area contributed by atoms with E-state index in [1.165, 1.54) is 12.1 Å². The summed E-state index contributed by atoms with van der Waals surface area (Å²) in [6.45, 7) is 4.91. The van der Waals surface area contributed by atoms with Crippen LogP contribution in [0.5, 0.6) is 0 Å². The van der Waals surface area contributed by atoms with Crippen LogP contribution >= 0.6 is 0 Å². The zero-order chi connectivity index (χ0) is 13.2. The molecule has 1 aromatic rings. The largest absolute Gasteiger partial charge is 0.380 e. The Morgan fingerprint density at radius 3 is 2.83 bits per heavy atom. The Kier molecular flexibility index (Phi) is 7.53. The lowest BCUT2D eigenvalue weighted by molar-refractivity contribution is 0.133. The number of halogens is 2. The van der Waals surface area contributed by atoms with Gasteiger partial charge in [0.25, 0.3) is 6.43 Å². The van der Waals surface area contributed by atoms with Crippen molar-refractivity contribution >= 4 is 0 Å². The summed E-state index contributed by atoms with van der Waals surface area (Å²) in [5, 5.41) is 3.17. The van der Waals surface area contributed by atoms with E-state index in [-0.39, 0.29) is 5.56 Å². The second-order valence-corrected chi connectivity index (χ2v) is 4.19. The third-order valence-electron chi connectivity index (χ3n) is 2.60. The molecule has 0 aromatic heterocycles. The Bertz CT molecular complexity index is 331. The molecule has 102 valence electrons. The molecule has 0 bridgehead atoms. The molecule has 1 N–H and O–H groups in total. The highest BCUT2D eigenvalue weighted by Crippen LogP contribution is 2.19. The van der Waals surface area contributed by atoms with Gasteiger partial charge in [0.15, 0.2) is 0 Å². The maximum absolute atomic E-state index is 12.5. The maximum Gasteiger partial charge on any atom is 0.263 e. The van der Waals surface area contributed by atoms with Gasteiger partial charge in [-0.25, -0.2) is 8.78 Å². The molecule has 1 aromatic carbocycles. The van der Waals surface area contributed by atoms with E-state index in [9.17, 15) is 8.78 Å². The fourth-order valence-corrected chi connectivity index (χ4v) is 1.56. The zero-order valence-electron chi connectivity index (χ0n) is 10.8. The Balaban J connectivity index is 2.17. The second-order valence-electron chi connectivity index (χ2n) is 4.19. The predicted molar refractivity (Wildman–Crippen MR) is 68.8 cm³/mol. The van der Waals surface area contributed by atoms with E-state index in [2.05, 4.69) is 12.2 Å². The van der Waals surface area contributed by atoms with Crippen molar-refractivity contribution in [3.05, 3.63) is 35.4 Å². The summed E-state index contributed by atoms with van der Waals surface area (Å²) >= 11 is 0. The Morgan fingerprint density at radius 1 is 1.28 bits per heavy atom. The molecule has 0 heterocycles. The molecule has 0 spiro atoms. The van der Waals surface area contributed by atoms with E-state index < -0.39 is 6.43 Å². The monoisotopic (exact) mass is 257 g/mol. The molecule has 0 aliphatic rings. The van der Waals surface area contributed by atoms with Crippen LogP contribution in [0.2, 0.25) is 0 Å². The van der Waals surface area contributed by atoms with Gasteiger partial charge >= 0.3 is 0 Å². The summed E-state index contributed by atoms with van der Waals surface area (Å²) in [5.41, 5.74) is 0.954. The average molecular weight is 257 g/mol. The Labute approximate surface area is 107 Å². The van der Waals surface area contributed by atoms with Gasteiger partial charge in [-0.3, -0.25) is 0 Å². The molecule has 4 heteroatoms. The van der Waals surface area contributed by atoms with Crippen LogP contribution in [0.1, 0.15) is 37.3 Å². The van der Waals surface area contributed by atoms with E-state index in [1.54, 1.807) is 6.07 Å². The number of hydrogen-bond donors (Lipinski definition) is 1. The zero-order valence-corrected chi connectivity index (χ0v) is 10.8. The van der Waals surface area contributed by atoms with Crippen LogP contribution in [-0.4, -0.2) is 19.8 Å². The minimum absolute atomic E-state index is 0.0773. The Morgan fingerprint density at radius 2 is 2.11 bits per heavy atom. The lowest BCUT2D eigenvalue weighted by Crippen LogP contribution is -2.19. The normalized spacial score (nSPS) is 11.1. The first-order valence-electron chi connectivity index (χ1n) is 6.39. The van der Waals surface area contributed by atoms with Gasteiger partial charge < -0.3 is 10.1 Å². The van der Waals surface area contributed by atoms with Gasteiger partial charge in [0.2, 0.25) is 0 Å². The first-order valence-corrected chi connectivity index (χ1v) is 6.39. The molecule has 1 rings (SSSR count). The smallest absolute Gasteiger partial charge is 0.263 e. The molecular weight excluding hydrogens is 236 g/mol. The van der Waals surface area contributed by atoms with Crippen LogP contribution in [0, 0.1) is 0 Å². The summed E-state index contributed by atoms with van der Waals surface area (Å²) in [6, 6.07) is 6.49. The van der Waals surface area contributed by atoms with E-state index in [0.717, 1.165) is 31.6 Å². The number of alkyl halides is 2. The van der Waals surface area contributed by atoms with Crippen molar-refractivity contribution in [2.45, 2.75) is 32.7 Å². The fourth-order valence-electron chi connectivity index (χ4n) is 1.56. The van der Waals surface area contributed by atoms with Gasteiger partial charge in [0.1, 0.15) is 0 Å². The van der Waals surface area contributed by atoms with Gasteiger partial charge in [0, 0.05) is 25.3 Å². The van der Waals surface area contributed by atoms with Gasteiger partial charge in [0.05, 0.1) is 6.61 Å². The highest BCUT2D eigenvalue weighted by atomic mass is 19.3. The number of benzene rings is 1. The molecule has 0 unspecified atom stereocenters. The van der Waals surface area contributed by atoms with Crippen molar-refractivity contribution in [1.29, 1.82) is 0 Å². The Hall–Kier alpha value is -1.00. The molecule has 0 aliphatic carbocycles. The quantitative estimate of drug-likeness (QED) is 0.683. The molecular formula is C14H21F2NO. The van der Waals surface area contributed by atoms with Crippen molar-refractivity contribution in [1.82, 2.24) is 5.32 Å². The fraction of sp³-hybridized carbons (Fsp3) is 0.571. The van der Waals surface area contributed by atoms with Crippen LogP contribution in [0.3, 0.4) is 0 Å². The number of ether oxygens (including phenoxy) is 1. The first-order chi connectivity index (χ1) is 8.74. The van der Waals surface area contributed by atoms with E-state index in [4.69, 9.17) is 4.74 Å². The standard InChI is InChI=1S/C14H21F2NO/c1-2-3-8-18-9-7-17-11-12-5-4-6-13(10-12)14(15)16/h4-6,10,14,17H,2-3,7-9,11H2,1H3. The summed E-state index contributed by atoms with van der Waals surface area (Å²) in [5.74, 6) is 0. The maximum atomic E-state index is 12.5. The number of rotatable bonds is 9. The molecule has 0 aliphatic heterocycles. The van der Waals surface area contributed by atoms with Crippen molar-refractivity contribution in [2.24, 2.45) is 0 Å². The summed E-state index contributed by atoms with van der Waals surface area (Å²) in [4.78, 5) is 0. The van der Waals surface area contributed by atoms with Gasteiger partial charge in [-0.15, -0.1) is 0 Å². The molecule has 0 atom stereocenters. The second kappa shape index (κ2) is 9.00. The van der Waals surface area contributed by atoms with Crippen LogP contribution in [0.25, 0.3) is 0 Å². The van der Waals surface area contributed by atoms with E-state index in [0.29, 0.717) is 13.2 Å². The van der Waals surface area contributed by atoms with Crippen molar-refractivity contribution in [3.8, 4) is 0 Å². The first kappa shape index (κ1) is 15.1. The van der Waals surface area contributed by atoms with Gasteiger partial charge in [-0.2, -0.15) is 0 Å². The minimum atomic E-state index is -2.40. The molecule has 0 radical (unpaired) electrons. The van der Waals surface area contributed by atoms with Crippen molar-refractivity contribution in [2.75, 3.05) is 19.8 Å². The number of hydrogen-bond acceptors (Lipinski definition) is 2. The van der Waals surface area contributed by atoms with E-state index in [1.807, 2.05) is 6.07 Å². The van der Waals surface area contributed by atoms with Gasteiger partial charge in [-0.05, 0) is 18.1 Å². The third kappa shape index (κ3) is 6.07. The molecule has 2 nitrogen and oxygen atoms in total. The molecule has 0 amide bonds. The molecule has 18 heavy (non-hydrogen) atoms. The van der Waals surface area contributed by atoms with Crippen molar-refractivity contribution in [3.63, 3.8) is 0 Å². The average Bonchev–Trinajstić information content (AvgIpc) is 2.38. The SMILES string of the molecule is CCCCOCCNCc1cccc(C(F)F)c1. The van der Waals surface area contributed by atoms with Crippen LogP contribution < -0.4 is 5.32 Å². The number of unbranched alkanes of at least 4 members (excludes halogenated alkanes) is 1. The minimum Gasteiger partial charge on any atom is -0.380 e. The summed E-state index contributed by atoms with van der Waals surface area (Å²) in [7, 11) is 0. The summed E-state index contributed by atoms with van der Waals surface area (Å²) in [6.07, 6.45) is -0.188. The highest BCUT2D eigenvalue weighted by Gasteiger charge is 2.06. The third-order valence-corrected chi connectivity index (χ3v) is 2.60. The van der Waals surface area contributed by atoms with Crippen LogP contribution in [0.15, 0.2) is 24.3 Å². The predicted octanol–water partition coefficient (Wildman–Crippen LogP) is 3.53.